The molecule has 0 bridgehead atoms. The molecule has 1 aliphatic carbocycles. The third-order valence-electron chi connectivity index (χ3n) is 4.69. The number of thioether (sulfide) groups is 2. The fourth-order valence-corrected chi connectivity index (χ4v) is 4.44. The monoisotopic (exact) mass is 464 g/mol. The third-order valence-corrected chi connectivity index (χ3v) is 6.47. The first-order valence-corrected chi connectivity index (χ1v) is 11.4. The summed E-state index contributed by atoms with van der Waals surface area (Å²) >= 11 is 1.70. The molecule has 1 heterocycles. The van der Waals surface area contributed by atoms with E-state index in [-0.39, 0.29) is 17.8 Å². The van der Waals surface area contributed by atoms with Crippen LogP contribution in [0.5, 0.6) is 0 Å². The summed E-state index contributed by atoms with van der Waals surface area (Å²) in [5, 5.41) is 11.3. The highest BCUT2D eigenvalue weighted by atomic mass is 32.2. The third kappa shape index (κ3) is 5.24. The second-order valence-corrected chi connectivity index (χ2v) is 9.41. The van der Waals surface area contributed by atoms with E-state index in [0.29, 0.717) is 38.9 Å². The number of nitrogens with zero attached hydrogens (tertiary/aromatic N) is 3. The molecule has 0 spiro atoms. The van der Waals surface area contributed by atoms with Crippen LogP contribution in [-0.2, 0) is 4.79 Å². The van der Waals surface area contributed by atoms with Gasteiger partial charge in [0, 0.05) is 16.6 Å². The molecule has 4 rings (SSSR count). The molecular weight excluding hydrogens is 445 g/mol. The minimum absolute atomic E-state index is 0.197. The minimum atomic E-state index is -2.49. The van der Waals surface area contributed by atoms with E-state index < -0.39 is 11.0 Å². The van der Waals surface area contributed by atoms with E-state index in [1.165, 1.54) is 30.0 Å². The van der Waals surface area contributed by atoms with Crippen molar-refractivity contribution in [2.45, 2.75) is 46.9 Å². The van der Waals surface area contributed by atoms with Gasteiger partial charge in [0.2, 0.25) is 5.91 Å². The van der Waals surface area contributed by atoms with Gasteiger partial charge in [0.25, 0.3) is 5.76 Å². The molecule has 0 aliphatic heterocycles. The number of aromatic nitrogens is 3. The summed E-state index contributed by atoms with van der Waals surface area (Å²) in [6.45, 7) is 1.75. The van der Waals surface area contributed by atoms with Crippen LogP contribution in [0.4, 0.5) is 18.9 Å². The van der Waals surface area contributed by atoms with Gasteiger partial charge >= 0.3 is 0 Å². The molecule has 1 atom stereocenters. The number of rotatable bonds is 8. The summed E-state index contributed by atoms with van der Waals surface area (Å²) in [4.78, 5) is 13.1. The lowest BCUT2D eigenvalue weighted by Gasteiger charge is -2.14. The number of nitrogens with one attached hydrogen (secondary N) is 1. The molecule has 0 radical (unpaired) electrons. The Morgan fingerprint density at radius 3 is 2.45 bits per heavy atom. The number of carbonyl (C=O) groups excluding carboxylic acids is 1. The van der Waals surface area contributed by atoms with Crippen LogP contribution in [0.2, 0.25) is 0 Å². The van der Waals surface area contributed by atoms with Crippen LogP contribution in [0.15, 0.2) is 58.6 Å². The van der Waals surface area contributed by atoms with Crippen molar-refractivity contribution in [1.29, 1.82) is 0 Å². The van der Waals surface area contributed by atoms with Crippen LogP contribution in [0.1, 0.15) is 25.8 Å². The zero-order valence-electron chi connectivity index (χ0n) is 16.5. The molecule has 0 saturated heterocycles. The van der Waals surface area contributed by atoms with E-state index in [9.17, 15) is 18.0 Å². The molecule has 1 saturated carbocycles. The van der Waals surface area contributed by atoms with E-state index >= 15 is 0 Å². The Morgan fingerprint density at radius 2 is 1.81 bits per heavy atom. The molecule has 1 amide bonds. The van der Waals surface area contributed by atoms with E-state index in [2.05, 4.69) is 15.5 Å². The Morgan fingerprint density at radius 1 is 1.10 bits per heavy atom. The van der Waals surface area contributed by atoms with Gasteiger partial charge in [0.1, 0.15) is 5.82 Å². The molecular formula is C21H19F3N4OS2. The lowest BCUT2D eigenvalue weighted by Crippen LogP contribution is -2.22. The van der Waals surface area contributed by atoms with E-state index in [0.717, 1.165) is 12.8 Å². The number of benzene rings is 2. The Labute approximate surface area is 185 Å². The van der Waals surface area contributed by atoms with Crippen LogP contribution in [0.25, 0.3) is 11.4 Å². The summed E-state index contributed by atoms with van der Waals surface area (Å²) in [5.41, 5.74) is 0.902. The van der Waals surface area contributed by atoms with Gasteiger partial charge in [0.05, 0.1) is 10.8 Å². The van der Waals surface area contributed by atoms with E-state index in [1.807, 2.05) is 4.57 Å². The molecule has 5 nitrogen and oxygen atoms in total. The van der Waals surface area contributed by atoms with Gasteiger partial charge in [-0.05, 0) is 56.2 Å². The summed E-state index contributed by atoms with van der Waals surface area (Å²) < 4.78 is 41.0. The smallest absolute Gasteiger partial charge is 0.288 e. The second kappa shape index (κ2) is 9.35. The first-order chi connectivity index (χ1) is 14.9. The van der Waals surface area contributed by atoms with Crippen molar-refractivity contribution in [3.63, 3.8) is 0 Å². The largest absolute Gasteiger partial charge is 0.325 e. The number of halogens is 3. The lowest BCUT2D eigenvalue weighted by molar-refractivity contribution is -0.115. The zero-order chi connectivity index (χ0) is 22.0. The lowest BCUT2D eigenvalue weighted by atomic mass is 10.2. The predicted octanol–water partition coefficient (Wildman–Crippen LogP) is 5.85. The van der Waals surface area contributed by atoms with Gasteiger partial charge in [-0.2, -0.15) is 8.78 Å². The number of hydrogen-bond acceptors (Lipinski definition) is 5. The molecule has 1 fully saturated rings. The Kier molecular flexibility index (Phi) is 6.57. The Hall–Kier alpha value is -2.46. The van der Waals surface area contributed by atoms with E-state index in [1.54, 1.807) is 37.3 Å². The van der Waals surface area contributed by atoms with Crippen molar-refractivity contribution in [3.8, 4) is 11.4 Å². The average Bonchev–Trinajstić information content (AvgIpc) is 3.50. The summed E-state index contributed by atoms with van der Waals surface area (Å²) in [6, 6.07) is 12.9. The van der Waals surface area contributed by atoms with Gasteiger partial charge in [-0.15, -0.1) is 10.2 Å². The highest BCUT2D eigenvalue weighted by Crippen LogP contribution is 2.42. The van der Waals surface area contributed by atoms with Crippen LogP contribution in [-0.4, -0.2) is 31.7 Å². The topological polar surface area (TPSA) is 59.8 Å². The Balaban J connectivity index is 1.46. The van der Waals surface area contributed by atoms with E-state index in [4.69, 9.17) is 0 Å². The highest BCUT2D eigenvalue weighted by molar-refractivity contribution is 8.00. The molecule has 1 aliphatic rings. The molecule has 1 N–H and O–H groups in total. The fraction of sp³-hybridized carbons (Fsp3) is 0.286. The predicted molar refractivity (Wildman–Crippen MR) is 116 cm³/mol. The second-order valence-electron chi connectivity index (χ2n) is 7.04. The molecule has 10 heteroatoms. The molecule has 1 aromatic heterocycles. The van der Waals surface area contributed by atoms with Crippen molar-refractivity contribution in [2.24, 2.45) is 0 Å². The van der Waals surface area contributed by atoms with Crippen LogP contribution < -0.4 is 5.32 Å². The van der Waals surface area contributed by atoms with Crippen molar-refractivity contribution >= 4 is 35.1 Å². The van der Waals surface area contributed by atoms with Crippen LogP contribution in [0, 0.1) is 5.82 Å². The van der Waals surface area contributed by atoms with Gasteiger partial charge < -0.3 is 5.32 Å². The summed E-state index contributed by atoms with van der Waals surface area (Å²) in [6.07, 6.45) is 1.91. The molecule has 162 valence electrons. The number of anilines is 1. The SMILES string of the molecule is CC(Sc1nnc(-c2ccccc2F)n1C1CC1)C(=O)Nc1ccc(SC(F)F)cc1. The zero-order valence-corrected chi connectivity index (χ0v) is 18.1. The highest BCUT2D eigenvalue weighted by Gasteiger charge is 2.32. The first kappa shape index (κ1) is 21.8. The molecule has 2 aromatic carbocycles. The van der Waals surface area contributed by atoms with Crippen molar-refractivity contribution in [3.05, 3.63) is 54.3 Å². The van der Waals surface area contributed by atoms with Gasteiger partial charge in [-0.25, -0.2) is 4.39 Å². The summed E-state index contributed by atoms with van der Waals surface area (Å²) in [5.74, 6) is -2.65. The van der Waals surface area contributed by atoms with Crippen molar-refractivity contribution in [1.82, 2.24) is 14.8 Å². The normalized spacial score (nSPS) is 14.6. The maximum atomic E-state index is 14.3. The standard InChI is InChI=1S/C21H19F3N4OS2/c1-12(19(29)25-13-6-10-15(11-7-13)31-20(23)24)30-21-27-26-18(28(21)14-8-9-14)16-4-2-3-5-17(16)22/h2-7,10-12,14,20H,8-9H2,1H3,(H,25,29). The van der Waals surface area contributed by atoms with Crippen LogP contribution >= 0.6 is 23.5 Å². The Bertz CT molecular complexity index is 1070. The maximum absolute atomic E-state index is 14.3. The average molecular weight is 465 g/mol. The molecule has 31 heavy (non-hydrogen) atoms. The number of amides is 1. The first-order valence-electron chi connectivity index (χ1n) is 9.64. The molecule has 3 aromatic rings. The van der Waals surface area contributed by atoms with Crippen molar-refractivity contribution in [2.75, 3.05) is 5.32 Å². The van der Waals surface area contributed by atoms with Gasteiger partial charge in [-0.1, -0.05) is 35.7 Å². The fourth-order valence-electron chi connectivity index (χ4n) is 3.02. The quantitative estimate of drug-likeness (QED) is 0.424. The summed E-state index contributed by atoms with van der Waals surface area (Å²) in [7, 11) is 0. The number of hydrogen-bond donors (Lipinski definition) is 1. The van der Waals surface area contributed by atoms with Crippen molar-refractivity contribution < 1.29 is 18.0 Å². The van der Waals surface area contributed by atoms with Gasteiger partial charge in [0.15, 0.2) is 11.0 Å². The molecule has 1 unspecified atom stereocenters. The van der Waals surface area contributed by atoms with Crippen LogP contribution in [0.3, 0.4) is 0 Å². The maximum Gasteiger partial charge on any atom is 0.288 e. The number of alkyl halides is 2. The minimum Gasteiger partial charge on any atom is -0.325 e. The number of carbonyl (C=O) groups is 1. The van der Waals surface area contributed by atoms with Gasteiger partial charge in [-0.3, -0.25) is 9.36 Å².